The second kappa shape index (κ2) is 15.9. The lowest BCUT2D eigenvalue weighted by Gasteiger charge is -2.14. The smallest absolute Gasteiger partial charge is 0.481 e. The molecule has 0 saturated carbocycles. The highest BCUT2D eigenvalue weighted by atomic mass is 16.7. The SMILES string of the molecule is C#N.CC(C)OC(=O)OCC1CCC(c2ccc3c(N)ncnn23)O1.O=C(O)CCCCCC(=O)O. The van der Waals surface area contributed by atoms with Crippen LogP contribution in [0.3, 0.4) is 0 Å². The number of carbonyl (C=O) groups is 3. The van der Waals surface area contributed by atoms with Crippen LogP contribution >= 0.6 is 0 Å². The van der Waals surface area contributed by atoms with E-state index in [-0.39, 0.29) is 37.8 Å². The van der Waals surface area contributed by atoms with Crippen molar-refractivity contribution in [2.45, 2.75) is 77.1 Å². The molecule has 13 heteroatoms. The van der Waals surface area contributed by atoms with E-state index in [9.17, 15) is 14.4 Å². The van der Waals surface area contributed by atoms with Gasteiger partial charge in [0.2, 0.25) is 0 Å². The standard InChI is InChI=1S/C15H20N4O4.C7H12O4.CHN/c1-9(2)22-15(20)21-7-10-3-6-13(23-10)11-4-5-12-14(16)17-8-18-19(11)12;8-6(9)4-2-1-3-5-7(10)11;1-2/h4-5,8-10,13H,3,6-7H2,1-2H3,(H2,16,17,18);1-5H2,(H,8,9)(H,10,11);1H. The maximum atomic E-state index is 11.4. The predicted octanol–water partition coefficient (Wildman–Crippen LogP) is 3.34. The number of hydrogen-bond donors (Lipinski definition) is 3. The largest absolute Gasteiger partial charge is 0.508 e. The van der Waals surface area contributed by atoms with Gasteiger partial charge in [0, 0.05) is 19.4 Å². The van der Waals surface area contributed by atoms with Crippen molar-refractivity contribution < 1.29 is 38.8 Å². The van der Waals surface area contributed by atoms with Crippen LogP contribution in [0.2, 0.25) is 0 Å². The Morgan fingerprint density at radius 3 is 2.39 bits per heavy atom. The van der Waals surface area contributed by atoms with Gasteiger partial charge in [-0.05, 0) is 51.7 Å². The van der Waals surface area contributed by atoms with Gasteiger partial charge in [0.05, 0.1) is 17.9 Å². The lowest BCUT2D eigenvalue weighted by molar-refractivity contribution is -0.137. The van der Waals surface area contributed by atoms with Crippen LogP contribution in [0.1, 0.15) is 70.6 Å². The molecule has 0 amide bonds. The van der Waals surface area contributed by atoms with E-state index in [0.29, 0.717) is 25.1 Å². The Bertz CT molecular complexity index is 991. The molecule has 0 spiro atoms. The topological polar surface area (TPSA) is 199 Å². The second-order valence-electron chi connectivity index (χ2n) is 8.10. The van der Waals surface area contributed by atoms with Crippen LogP contribution in [0.5, 0.6) is 0 Å². The van der Waals surface area contributed by atoms with Crippen LogP contribution in [0.25, 0.3) is 5.52 Å². The predicted molar refractivity (Wildman–Crippen MR) is 127 cm³/mol. The highest BCUT2D eigenvalue weighted by Crippen LogP contribution is 2.33. The van der Waals surface area contributed by atoms with Crippen molar-refractivity contribution in [3.63, 3.8) is 0 Å². The van der Waals surface area contributed by atoms with E-state index >= 15 is 0 Å². The Morgan fingerprint density at radius 1 is 1.17 bits per heavy atom. The third-order valence-corrected chi connectivity index (χ3v) is 4.95. The Labute approximate surface area is 208 Å². The molecular formula is C23H33N5O8. The van der Waals surface area contributed by atoms with Gasteiger partial charge >= 0.3 is 18.1 Å². The summed E-state index contributed by atoms with van der Waals surface area (Å²) < 4.78 is 17.7. The number of carbonyl (C=O) groups excluding carboxylic acids is 1. The molecule has 2 aromatic heterocycles. The highest BCUT2D eigenvalue weighted by Gasteiger charge is 2.30. The number of carboxylic acids is 2. The molecule has 36 heavy (non-hydrogen) atoms. The molecule has 3 rings (SSSR count). The minimum atomic E-state index is -0.819. The number of ether oxygens (including phenoxy) is 3. The average molecular weight is 508 g/mol. The number of nitrogen functional groups attached to an aromatic ring is 1. The Kier molecular flexibility index (Phi) is 13.3. The van der Waals surface area contributed by atoms with Crippen LogP contribution in [0, 0.1) is 11.8 Å². The minimum absolute atomic E-state index is 0.110. The second-order valence-corrected chi connectivity index (χ2v) is 8.10. The zero-order valence-electron chi connectivity index (χ0n) is 20.4. The highest BCUT2D eigenvalue weighted by molar-refractivity contribution is 5.67. The van der Waals surface area contributed by atoms with Crippen molar-refractivity contribution >= 4 is 29.4 Å². The summed E-state index contributed by atoms with van der Waals surface area (Å²) in [6.07, 6.45) is 4.02. The summed E-state index contributed by atoms with van der Waals surface area (Å²) in [5.41, 5.74) is 7.51. The lowest BCUT2D eigenvalue weighted by atomic mass is 10.1. The van der Waals surface area contributed by atoms with E-state index < -0.39 is 18.1 Å². The first-order valence-electron chi connectivity index (χ1n) is 11.4. The third kappa shape index (κ3) is 10.6. The number of unbranched alkanes of at least 4 members (excludes halogenated alkanes) is 2. The molecule has 13 nitrogen and oxygen atoms in total. The summed E-state index contributed by atoms with van der Waals surface area (Å²) in [5.74, 6) is -1.21. The van der Waals surface area contributed by atoms with Crippen molar-refractivity contribution in [1.82, 2.24) is 14.6 Å². The van der Waals surface area contributed by atoms with Gasteiger partial charge in [-0.15, -0.1) is 0 Å². The number of carboxylic acid groups (broad SMARTS) is 2. The van der Waals surface area contributed by atoms with Crippen LogP contribution in [0.15, 0.2) is 18.5 Å². The van der Waals surface area contributed by atoms with Crippen molar-refractivity contribution in [1.29, 1.82) is 5.26 Å². The third-order valence-electron chi connectivity index (χ3n) is 4.95. The van der Waals surface area contributed by atoms with Gasteiger partial charge in [-0.1, -0.05) is 6.42 Å². The van der Waals surface area contributed by atoms with Gasteiger partial charge in [-0.25, -0.2) is 19.6 Å². The molecule has 0 bridgehead atoms. The summed E-state index contributed by atoms with van der Waals surface area (Å²) in [6, 6.07) is 3.80. The lowest BCUT2D eigenvalue weighted by Crippen LogP contribution is -2.21. The first-order chi connectivity index (χ1) is 17.2. The molecule has 3 heterocycles. The molecule has 0 aromatic carbocycles. The van der Waals surface area contributed by atoms with Gasteiger partial charge in [0.1, 0.15) is 24.6 Å². The molecule has 2 unspecified atom stereocenters. The van der Waals surface area contributed by atoms with E-state index in [1.165, 1.54) is 6.33 Å². The number of aromatic nitrogens is 3. The zero-order valence-corrected chi connectivity index (χ0v) is 20.4. The molecule has 198 valence electrons. The summed E-state index contributed by atoms with van der Waals surface area (Å²) in [4.78, 5) is 35.3. The first-order valence-corrected chi connectivity index (χ1v) is 11.4. The molecule has 1 saturated heterocycles. The monoisotopic (exact) mass is 507 g/mol. The molecule has 2 aromatic rings. The van der Waals surface area contributed by atoms with Gasteiger partial charge in [0.15, 0.2) is 5.82 Å². The van der Waals surface area contributed by atoms with Crippen molar-refractivity contribution in [3.05, 3.63) is 24.2 Å². The Balaban J connectivity index is 0.000000423. The molecule has 1 aliphatic rings. The summed E-state index contributed by atoms with van der Waals surface area (Å²) >= 11 is 0. The summed E-state index contributed by atoms with van der Waals surface area (Å²) in [7, 11) is 0. The summed E-state index contributed by atoms with van der Waals surface area (Å²) in [5, 5.41) is 27.1. The van der Waals surface area contributed by atoms with Crippen molar-refractivity contribution in [2.75, 3.05) is 12.3 Å². The number of hydrogen-bond acceptors (Lipinski definition) is 10. The average Bonchev–Trinajstić information content (AvgIpc) is 3.46. The quantitative estimate of drug-likeness (QED) is 0.313. The number of anilines is 1. The molecule has 0 aliphatic carbocycles. The van der Waals surface area contributed by atoms with E-state index in [1.807, 2.05) is 12.1 Å². The number of aliphatic carboxylic acids is 2. The van der Waals surface area contributed by atoms with Crippen molar-refractivity contribution in [3.8, 4) is 6.57 Å². The fourth-order valence-corrected chi connectivity index (χ4v) is 3.38. The van der Waals surface area contributed by atoms with Gasteiger partial charge < -0.3 is 30.2 Å². The molecular weight excluding hydrogens is 474 g/mol. The number of nitrogens with two attached hydrogens (primary N) is 1. The maximum absolute atomic E-state index is 11.4. The normalized spacial score (nSPS) is 16.4. The molecule has 1 fully saturated rings. The number of rotatable bonds is 10. The number of fused-ring (bicyclic) bond motifs is 1. The minimum Gasteiger partial charge on any atom is -0.481 e. The van der Waals surface area contributed by atoms with Gasteiger partial charge in [0.25, 0.3) is 0 Å². The first kappa shape index (κ1) is 30.1. The van der Waals surface area contributed by atoms with Gasteiger partial charge in [-0.2, -0.15) is 5.10 Å². The molecule has 1 aliphatic heterocycles. The van der Waals surface area contributed by atoms with E-state index in [1.54, 1.807) is 18.4 Å². The molecule has 0 radical (unpaired) electrons. The van der Waals surface area contributed by atoms with Crippen molar-refractivity contribution in [2.24, 2.45) is 0 Å². The molecule has 4 N–H and O–H groups in total. The maximum Gasteiger partial charge on any atom is 0.508 e. The zero-order chi connectivity index (χ0) is 27.1. The Hall–Kier alpha value is -3.92. The fraction of sp³-hybridized carbons (Fsp3) is 0.565. The summed E-state index contributed by atoms with van der Waals surface area (Å²) in [6.45, 7) is 7.23. The van der Waals surface area contributed by atoms with E-state index in [2.05, 4.69) is 16.7 Å². The van der Waals surface area contributed by atoms with Crippen LogP contribution < -0.4 is 5.73 Å². The molecule has 2 atom stereocenters. The van der Waals surface area contributed by atoms with E-state index in [4.69, 9.17) is 35.4 Å². The number of nitrogens with zero attached hydrogens (tertiary/aromatic N) is 4. The van der Waals surface area contributed by atoms with Crippen LogP contribution in [0.4, 0.5) is 10.6 Å². The van der Waals surface area contributed by atoms with Crippen LogP contribution in [-0.4, -0.2) is 61.7 Å². The van der Waals surface area contributed by atoms with E-state index in [0.717, 1.165) is 24.1 Å². The Morgan fingerprint density at radius 2 is 1.81 bits per heavy atom. The van der Waals surface area contributed by atoms with Crippen LogP contribution in [-0.2, 0) is 23.8 Å². The fourth-order valence-electron chi connectivity index (χ4n) is 3.38. The number of nitriles is 1. The van der Waals surface area contributed by atoms with Gasteiger partial charge in [-0.3, -0.25) is 9.59 Å².